The van der Waals surface area contributed by atoms with E-state index in [1.807, 2.05) is 17.1 Å². The van der Waals surface area contributed by atoms with Crippen LogP contribution in [0.4, 0.5) is 0 Å². The van der Waals surface area contributed by atoms with E-state index in [9.17, 15) is 4.79 Å². The molecule has 24 heavy (non-hydrogen) atoms. The Morgan fingerprint density at radius 1 is 1.12 bits per heavy atom. The molecule has 0 radical (unpaired) electrons. The number of carbonyl (C=O) groups is 1. The smallest absolute Gasteiger partial charge is 0.334 e. The van der Waals surface area contributed by atoms with E-state index >= 15 is 0 Å². The summed E-state index contributed by atoms with van der Waals surface area (Å²) in [5.74, 6) is 1.49. The van der Waals surface area contributed by atoms with Gasteiger partial charge in [0.05, 0.1) is 64.9 Å². The van der Waals surface area contributed by atoms with Crippen molar-refractivity contribution in [2.75, 3.05) is 73.0 Å². The molecule has 1 aliphatic heterocycles. The van der Waals surface area contributed by atoms with E-state index in [4.69, 9.17) is 30.5 Å². The number of carboxylic acids is 1. The Morgan fingerprint density at radius 2 is 1.67 bits per heavy atom. The fourth-order valence-electron chi connectivity index (χ4n) is 1.96. The molecule has 0 bridgehead atoms. The van der Waals surface area contributed by atoms with Crippen LogP contribution >= 0.6 is 0 Å². The number of hydrogen-bond donors (Lipinski definition) is 1. The first-order valence-corrected chi connectivity index (χ1v) is 7.81. The van der Waals surface area contributed by atoms with E-state index in [0.29, 0.717) is 71.5 Å². The first-order valence-electron chi connectivity index (χ1n) is 7.81. The molecule has 0 amide bonds. The first-order chi connectivity index (χ1) is 11.6. The third kappa shape index (κ3) is 8.86. The lowest BCUT2D eigenvalue weighted by atomic mass is 10.3. The summed E-state index contributed by atoms with van der Waals surface area (Å²) in [6.07, 6.45) is 6.67. The summed E-state index contributed by atoms with van der Waals surface area (Å²) in [4.78, 5) is 10.9. The molecule has 1 N–H and O–H groups in total. The minimum atomic E-state index is -0.886. The quantitative estimate of drug-likeness (QED) is 0.344. The number of likely N-dealkylation sites (N-methyl/N-ethyl adjacent to an activating group) is 1. The summed E-state index contributed by atoms with van der Waals surface area (Å²) >= 11 is 0. The van der Waals surface area contributed by atoms with Crippen molar-refractivity contribution in [1.82, 2.24) is 10.0 Å². The number of hydrazine groups is 1. The molecule has 0 saturated heterocycles. The Labute approximate surface area is 142 Å². The van der Waals surface area contributed by atoms with Crippen molar-refractivity contribution in [3.63, 3.8) is 0 Å². The maximum absolute atomic E-state index is 10.9. The van der Waals surface area contributed by atoms with Gasteiger partial charge in [0.2, 0.25) is 0 Å². The Balaban J connectivity index is 1.87. The van der Waals surface area contributed by atoms with Gasteiger partial charge in [-0.15, -0.1) is 6.42 Å². The highest BCUT2D eigenvalue weighted by Crippen LogP contribution is 2.12. The van der Waals surface area contributed by atoms with Crippen LogP contribution in [0.3, 0.4) is 0 Å². The van der Waals surface area contributed by atoms with E-state index in [2.05, 4.69) is 5.92 Å². The van der Waals surface area contributed by atoms with E-state index in [-0.39, 0.29) is 0 Å². The number of terminal acetylenes is 1. The molecule has 0 aromatic carbocycles. The third-order valence-electron chi connectivity index (χ3n) is 3.18. The molecule has 0 spiro atoms. The number of rotatable bonds is 14. The third-order valence-corrected chi connectivity index (χ3v) is 3.18. The molecule has 0 aliphatic carbocycles. The van der Waals surface area contributed by atoms with Gasteiger partial charge >= 0.3 is 5.97 Å². The molecule has 0 aromatic rings. The van der Waals surface area contributed by atoms with Crippen LogP contribution in [0.1, 0.15) is 0 Å². The molecule has 8 heteroatoms. The summed E-state index contributed by atoms with van der Waals surface area (Å²) in [7, 11) is 1.84. The lowest BCUT2D eigenvalue weighted by Crippen LogP contribution is -2.34. The second-order valence-electron chi connectivity index (χ2n) is 5.03. The van der Waals surface area contributed by atoms with Crippen LogP contribution in [0.5, 0.6) is 0 Å². The topological polar surface area (TPSA) is 80.7 Å². The lowest BCUT2D eigenvalue weighted by molar-refractivity contribution is -0.132. The predicted molar refractivity (Wildman–Crippen MR) is 87.2 cm³/mol. The van der Waals surface area contributed by atoms with Crippen molar-refractivity contribution in [2.45, 2.75) is 0 Å². The van der Waals surface area contributed by atoms with E-state index in [1.54, 1.807) is 6.20 Å². The molecule has 0 saturated carbocycles. The average Bonchev–Trinajstić information content (AvgIpc) is 2.93. The molecule has 0 aromatic heterocycles. The molecular weight excluding hydrogens is 316 g/mol. The summed E-state index contributed by atoms with van der Waals surface area (Å²) in [6.45, 7) is 4.77. The van der Waals surface area contributed by atoms with E-state index < -0.39 is 5.97 Å². The van der Waals surface area contributed by atoms with Gasteiger partial charge < -0.3 is 29.1 Å². The second-order valence-corrected chi connectivity index (χ2v) is 5.03. The summed E-state index contributed by atoms with van der Waals surface area (Å²) in [5.41, 5.74) is 0.380. The molecular formula is C16H26N2O6. The SMILES string of the molecule is C#CCOCCOCCOCCOCCN1C=C(C(=O)O)CN1C. The van der Waals surface area contributed by atoms with Crippen molar-refractivity contribution in [3.05, 3.63) is 11.8 Å². The fourth-order valence-corrected chi connectivity index (χ4v) is 1.96. The Kier molecular flexibility index (Phi) is 10.8. The van der Waals surface area contributed by atoms with E-state index in [0.717, 1.165) is 0 Å². The number of hydrogen-bond acceptors (Lipinski definition) is 7. The van der Waals surface area contributed by atoms with Gasteiger partial charge in [-0.05, 0) is 0 Å². The van der Waals surface area contributed by atoms with Gasteiger partial charge in [-0.3, -0.25) is 0 Å². The number of carboxylic acid groups (broad SMARTS) is 1. The lowest BCUT2D eigenvalue weighted by Gasteiger charge is -2.24. The van der Waals surface area contributed by atoms with Crippen LogP contribution in [0.15, 0.2) is 11.8 Å². The predicted octanol–water partition coefficient (Wildman–Crippen LogP) is -0.183. The Morgan fingerprint density at radius 3 is 2.17 bits per heavy atom. The van der Waals surface area contributed by atoms with Gasteiger partial charge in [0.1, 0.15) is 6.61 Å². The maximum Gasteiger partial charge on any atom is 0.334 e. The minimum Gasteiger partial charge on any atom is -0.478 e. The number of aliphatic carboxylic acids is 1. The zero-order valence-electron chi connectivity index (χ0n) is 14.1. The van der Waals surface area contributed by atoms with Gasteiger partial charge in [0, 0.05) is 13.2 Å². The number of ether oxygens (including phenoxy) is 4. The summed E-state index contributed by atoms with van der Waals surface area (Å²) in [5, 5.41) is 12.6. The molecule has 1 rings (SSSR count). The molecule has 0 unspecified atom stereocenters. The number of nitrogens with zero attached hydrogens (tertiary/aromatic N) is 2. The average molecular weight is 342 g/mol. The molecule has 1 aliphatic rings. The van der Waals surface area contributed by atoms with Crippen molar-refractivity contribution in [2.24, 2.45) is 0 Å². The highest BCUT2D eigenvalue weighted by atomic mass is 16.6. The van der Waals surface area contributed by atoms with Crippen LogP contribution in [0.25, 0.3) is 0 Å². The van der Waals surface area contributed by atoms with Gasteiger partial charge in [0.25, 0.3) is 0 Å². The van der Waals surface area contributed by atoms with Crippen LogP contribution in [0, 0.1) is 12.3 Å². The van der Waals surface area contributed by atoms with Crippen LogP contribution in [-0.4, -0.2) is 94.1 Å². The largest absolute Gasteiger partial charge is 0.478 e. The summed E-state index contributed by atoms with van der Waals surface area (Å²) in [6, 6.07) is 0. The van der Waals surface area contributed by atoms with Crippen LogP contribution < -0.4 is 0 Å². The molecule has 136 valence electrons. The zero-order chi connectivity index (χ0) is 17.6. The van der Waals surface area contributed by atoms with Gasteiger partial charge in [0.15, 0.2) is 0 Å². The molecule has 8 nitrogen and oxygen atoms in total. The van der Waals surface area contributed by atoms with Gasteiger partial charge in [-0.25, -0.2) is 9.80 Å². The molecule has 0 fully saturated rings. The van der Waals surface area contributed by atoms with E-state index in [1.165, 1.54) is 0 Å². The van der Waals surface area contributed by atoms with Gasteiger partial charge in [-0.1, -0.05) is 5.92 Å². The van der Waals surface area contributed by atoms with Crippen molar-refractivity contribution in [3.8, 4) is 12.3 Å². The fraction of sp³-hybridized carbons (Fsp3) is 0.688. The van der Waals surface area contributed by atoms with Crippen molar-refractivity contribution < 1.29 is 28.8 Å². The standard InChI is InChI=1S/C16H26N2O6/c1-3-5-21-7-9-23-11-12-24-10-8-22-6-4-18-14-15(16(19)20)13-17(18)2/h1,14H,4-13H2,2H3,(H,19,20). The minimum absolute atomic E-state index is 0.303. The monoisotopic (exact) mass is 342 g/mol. The van der Waals surface area contributed by atoms with Crippen molar-refractivity contribution in [1.29, 1.82) is 0 Å². The van der Waals surface area contributed by atoms with Crippen LogP contribution in [0.2, 0.25) is 0 Å². The van der Waals surface area contributed by atoms with Crippen LogP contribution in [-0.2, 0) is 23.7 Å². The normalized spacial score (nSPS) is 14.7. The maximum atomic E-state index is 10.9. The van der Waals surface area contributed by atoms with Gasteiger partial charge in [-0.2, -0.15) is 0 Å². The second kappa shape index (κ2) is 12.8. The molecule has 0 atom stereocenters. The Hall–Kier alpha value is -1.63. The Bertz CT molecular complexity index is 435. The molecule has 1 heterocycles. The highest BCUT2D eigenvalue weighted by Gasteiger charge is 2.22. The van der Waals surface area contributed by atoms with Crippen molar-refractivity contribution >= 4 is 5.97 Å². The zero-order valence-corrected chi connectivity index (χ0v) is 14.1. The first kappa shape index (κ1) is 20.4. The summed E-state index contributed by atoms with van der Waals surface area (Å²) < 4.78 is 21.2. The highest BCUT2D eigenvalue weighted by molar-refractivity contribution is 5.87.